The van der Waals surface area contributed by atoms with Crippen molar-refractivity contribution in [2.75, 3.05) is 0 Å². The van der Waals surface area contributed by atoms with Crippen molar-refractivity contribution in [1.82, 2.24) is 19.6 Å². The molecule has 3 heterocycles. The molecular weight excluding hydrogens is 396 g/mol. The number of carbonyl (C=O) groups is 1. The van der Waals surface area contributed by atoms with Gasteiger partial charge >= 0.3 is 0 Å². The van der Waals surface area contributed by atoms with E-state index in [4.69, 9.17) is 16.0 Å². The first-order valence-corrected chi connectivity index (χ1v) is 10.2. The summed E-state index contributed by atoms with van der Waals surface area (Å²) in [5.74, 6) is 2.10. The topological polar surface area (TPSA) is 73.3 Å². The molecule has 0 aliphatic heterocycles. The maximum Gasteiger partial charge on any atom is 0.253 e. The highest BCUT2D eigenvalue weighted by atomic mass is 35.5. The monoisotopic (exact) mass is 410 g/mol. The van der Waals surface area contributed by atoms with Crippen LogP contribution in [0.4, 0.5) is 0 Å². The lowest BCUT2D eigenvalue weighted by Crippen LogP contribution is -2.21. The minimum absolute atomic E-state index is 0.0181. The third-order valence-electron chi connectivity index (χ3n) is 4.77. The minimum atomic E-state index is 0.0181. The van der Waals surface area contributed by atoms with Crippen LogP contribution in [-0.2, 0) is 12.2 Å². The second kappa shape index (κ2) is 7.07. The molecule has 1 aliphatic rings. The molecule has 1 unspecified atom stereocenters. The number of hydrogen-bond acceptors (Lipinski definition) is 6. The zero-order chi connectivity index (χ0) is 19.1. The third-order valence-corrected chi connectivity index (χ3v) is 5.91. The summed E-state index contributed by atoms with van der Waals surface area (Å²) in [4.78, 5) is 21.7. The Morgan fingerprint density at radius 2 is 2.14 bits per heavy atom. The SMILES string of the molecule is O=C1CC(c2ccco2)Cc2nc3nc(SCc4cccc(Cl)c4)nn3cc21. The number of thioether (sulfide) groups is 1. The lowest BCUT2D eigenvalue weighted by molar-refractivity contribution is 0.0958. The van der Waals surface area contributed by atoms with Crippen molar-refractivity contribution >= 4 is 34.9 Å². The molecule has 0 saturated carbocycles. The highest BCUT2D eigenvalue weighted by Crippen LogP contribution is 2.32. The molecule has 5 rings (SSSR count). The number of ketones is 1. The number of halogens is 1. The highest BCUT2D eigenvalue weighted by Gasteiger charge is 2.30. The summed E-state index contributed by atoms with van der Waals surface area (Å²) in [5.41, 5.74) is 2.47. The van der Waals surface area contributed by atoms with Gasteiger partial charge in [0, 0.05) is 35.7 Å². The number of rotatable bonds is 4. The molecule has 1 atom stereocenters. The summed E-state index contributed by atoms with van der Waals surface area (Å²) >= 11 is 7.54. The van der Waals surface area contributed by atoms with Crippen LogP contribution in [0.15, 0.2) is 58.4 Å². The Morgan fingerprint density at radius 1 is 1.21 bits per heavy atom. The van der Waals surface area contributed by atoms with Crippen LogP contribution in [0.25, 0.3) is 5.78 Å². The molecule has 0 bridgehead atoms. The van der Waals surface area contributed by atoms with E-state index in [-0.39, 0.29) is 11.7 Å². The molecule has 0 spiro atoms. The number of carbonyl (C=O) groups excluding carboxylic acids is 1. The first kappa shape index (κ1) is 17.5. The van der Waals surface area contributed by atoms with Gasteiger partial charge in [0.15, 0.2) is 5.78 Å². The second-order valence-corrected chi connectivity index (χ2v) is 8.08. The fraction of sp³-hybridized carbons (Fsp3) is 0.200. The number of Topliss-reactive ketones (excluding diaryl/α,β-unsaturated/α-hetero) is 1. The number of hydrogen-bond donors (Lipinski definition) is 0. The van der Waals surface area contributed by atoms with Gasteiger partial charge in [-0.3, -0.25) is 4.79 Å². The summed E-state index contributed by atoms with van der Waals surface area (Å²) < 4.78 is 7.07. The van der Waals surface area contributed by atoms with Gasteiger partial charge in [-0.05, 0) is 29.8 Å². The van der Waals surface area contributed by atoms with E-state index in [2.05, 4.69) is 15.1 Å². The summed E-state index contributed by atoms with van der Waals surface area (Å²) in [7, 11) is 0. The first-order valence-electron chi connectivity index (χ1n) is 8.86. The van der Waals surface area contributed by atoms with Gasteiger partial charge in [0.2, 0.25) is 5.16 Å². The number of fused-ring (bicyclic) bond motifs is 2. The predicted octanol–water partition coefficient (Wildman–Crippen LogP) is 4.58. The first-order chi connectivity index (χ1) is 13.7. The van der Waals surface area contributed by atoms with E-state index in [0.717, 1.165) is 17.0 Å². The fourth-order valence-electron chi connectivity index (χ4n) is 3.42. The standard InChI is InChI=1S/C20H15ClN4O2S/c21-14-4-1-3-12(7-14)11-28-20-23-19-22-16-8-13(18-5-2-6-27-18)9-17(26)15(16)10-25(19)24-20/h1-7,10,13H,8-9,11H2. The van der Waals surface area contributed by atoms with Gasteiger partial charge in [-0.15, -0.1) is 5.10 Å². The maximum atomic E-state index is 12.6. The minimum Gasteiger partial charge on any atom is -0.469 e. The molecule has 1 aromatic carbocycles. The molecule has 1 aliphatic carbocycles. The second-order valence-electron chi connectivity index (χ2n) is 6.70. The molecule has 0 fully saturated rings. The zero-order valence-electron chi connectivity index (χ0n) is 14.7. The molecule has 0 amide bonds. The van der Waals surface area contributed by atoms with E-state index in [1.807, 2.05) is 36.4 Å². The van der Waals surface area contributed by atoms with Crippen molar-refractivity contribution in [3.63, 3.8) is 0 Å². The normalized spacial score (nSPS) is 16.5. The van der Waals surface area contributed by atoms with Crippen LogP contribution in [0, 0.1) is 0 Å². The quantitative estimate of drug-likeness (QED) is 0.458. The Labute approximate surface area is 169 Å². The van der Waals surface area contributed by atoms with E-state index in [0.29, 0.717) is 40.1 Å². The van der Waals surface area contributed by atoms with Gasteiger partial charge in [-0.2, -0.15) is 4.98 Å². The van der Waals surface area contributed by atoms with Crippen LogP contribution < -0.4 is 0 Å². The van der Waals surface area contributed by atoms with Crippen LogP contribution >= 0.6 is 23.4 Å². The Bertz CT molecular complexity index is 1170. The van der Waals surface area contributed by atoms with Crippen LogP contribution in [0.5, 0.6) is 0 Å². The van der Waals surface area contributed by atoms with Gasteiger partial charge in [0.25, 0.3) is 5.78 Å². The summed E-state index contributed by atoms with van der Waals surface area (Å²) in [6, 6.07) is 11.5. The van der Waals surface area contributed by atoms with Crippen molar-refractivity contribution < 1.29 is 9.21 Å². The molecule has 3 aromatic heterocycles. The summed E-state index contributed by atoms with van der Waals surface area (Å²) in [6.07, 6.45) is 4.45. The van der Waals surface area contributed by atoms with E-state index < -0.39 is 0 Å². The molecule has 140 valence electrons. The Hall–Kier alpha value is -2.64. The Kier molecular flexibility index (Phi) is 4.41. The number of aromatic nitrogens is 4. The molecular formula is C20H15ClN4O2S. The van der Waals surface area contributed by atoms with Gasteiger partial charge in [-0.25, -0.2) is 9.50 Å². The summed E-state index contributed by atoms with van der Waals surface area (Å²) in [6.45, 7) is 0. The van der Waals surface area contributed by atoms with Crippen LogP contribution in [0.3, 0.4) is 0 Å². The molecule has 0 N–H and O–H groups in total. The van der Waals surface area contributed by atoms with Crippen molar-refractivity contribution in [3.05, 3.63) is 76.5 Å². The van der Waals surface area contributed by atoms with Crippen LogP contribution in [0.2, 0.25) is 5.02 Å². The average molecular weight is 411 g/mol. The largest absolute Gasteiger partial charge is 0.469 e. The van der Waals surface area contributed by atoms with Crippen molar-refractivity contribution in [3.8, 4) is 0 Å². The molecule has 6 nitrogen and oxygen atoms in total. The highest BCUT2D eigenvalue weighted by molar-refractivity contribution is 7.98. The van der Waals surface area contributed by atoms with Gasteiger partial charge in [-0.1, -0.05) is 35.5 Å². The van der Waals surface area contributed by atoms with E-state index in [1.54, 1.807) is 17.0 Å². The molecule has 0 radical (unpaired) electrons. The maximum absolute atomic E-state index is 12.6. The molecule has 4 aromatic rings. The van der Waals surface area contributed by atoms with Gasteiger partial charge < -0.3 is 4.42 Å². The Balaban J connectivity index is 1.41. The Morgan fingerprint density at radius 3 is 2.96 bits per heavy atom. The number of benzene rings is 1. The lowest BCUT2D eigenvalue weighted by Gasteiger charge is -2.20. The zero-order valence-corrected chi connectivity index (χ0v) is 16.3. The van der Waals surface area contributed by atoms with Gasteiger partial charge in [0.05, 0.1) is 17.5 Å². The fourth-order valence-corrected chi connectivity index (χ4v) is 4.41. The number of furan rings is 1. The van der Waals surface area contributed by atoms with E-state index in [1.165, 1.54) is 11.8 Å². The van der Waals surface area contributed by atoms with Crippen LogP contribution in [-0.4, -0.2) is 25.4 Å². The van der Waals surface area contributed by atoms with Crippen molar-refractivity contribution in [2.45, 2.75) is 29.7 Å². The number of nitrogens with zero attached hydrogens (tertiary/aromatic N) is 4. The van der Waals surface area contributed by atoms with Crippen molar-refractivity contribution in [1.29, 1.82) is 0 Å². The van der Waals surface area contributed by atoms with E-state index >= 15 is 0 Å². The third kappa shape index (κ3) is 3.31. The molecule has 28 heavy (non-hydrogen) atoms. The summed E-state index contributed by atoms with van der Waals surface area (Å²) in [5, 5.41) is 5.79. The lowest BCUT2D eigenvalue weighted by atomic mass is 9.85. The van der Waals surface area contributed by atoms with E-state index in [9.17, 15) is 4.79 Å². The smallest absolute Gasteiger partial charge is 0.253 e. The average Bonchev–Trinajstić information content (AvgIpc) is 3.34. The molecule has 0 saturated heterocycles. The molecule has 8 heteroatoms. The van der Waals surface area contributed by atoms with Crippen molar-refractivity contribution in [2.24, 2.45) is 0 Å². The predicted molar refractivity (Wildman–Crippen MR) is 106 cm³/mol. The van der Waals surface area contributed by atoms with Crippen LogP contribution in [0.1, 0.15) is 39.7 Å². The van der Waals surface area contributed by atoms with Gasteiger partial charge in [0.1, 0.15) is 5.76 Å².